The number of hydrogen-bond acceptors (Lipinski definition) is 7. The summed E-state index contributed by atoms with van der Waals surface area (Å²) in [7, 11) is 0. The molecule has 2 fully saturated rings. The van der Waals surface area contributed by atoms with Gasteiger partial charge in [0.05, 0.1) is 13.2 Å². The molecule has 0 saturated carbocycles. The van der Waals surface area contributed by atoms with Crippen LogP contribution >= 0.6 is 0 Å². The number of nitrogens with zero attached hydrogens (tertiary/aromatic N) is 2. The molecule has 2 aliphatic rings. The number of carbonyl (C=O) groups excluding carboxylic acids is 4. The van der Waals surface area contributed by atoms with Gasteiger partial charge < -0.3 is 34.3 Å². The molecule has 11 heteroatoms. The maximum Gasteiger partial charge on any atom is 0.303 e. The van der Waals surface area contributed by atoms with E-state index in [1.54, 1.807) is 41.3 Å². The lowest BCUT2D eigenvalue weighted by Gasteiger charge is -2.35. The molecule has 3 heterocycles. The highest BCUT2D eigenvalue weighted by Crippen LogP contribution is 2.27. The van der Waals surface area contributed by atoms with Crippen molar-refractivity contribution in [1.82, 2.24) is 4.98 Å². The topological polar surface area (TPSA) is 130 Å². The SMILES string of the molecule is CC(=O)O[C@@H](C(=O)Nc1ccc2[nH]c(C)cc2c1)[C@H]1OCCN(c2cccc(N3CCOCC3=O)c2)C1=O. The Kier molecular flexibility index (Phi) is 7.12. The lowest BCUT2D eigenvalue weighted by Crippen LogP contribution is -2.56. The van der Waals surface area contributed by atoms with E-state index in [4.69, 9.17) is 14.2 Å². The smallest absolute Gasteiger partial charge is 0.303 e. The second-order valence-electron chi connectivity index (χ2n) is 9.17. The Labute approximate surface area is 218 Å². The van der Waals surface area contributed by atoms with Crippen molar-refractivity contribution in [2.24, 2.45) is 0 Å². The van der Waals surface area contributed by atoms with Gasteiger partial charge in [-0.15, -0.1) is 0 Å². The summed E-state index contributed by atoms with van der Waals surface area (Å²) in [6, 6.07) is 14.3. The van der Waals surface area contributed by atoms with Gasteiger partial charge >= 0.3 is 5.97 Å². The Morgan fingerprint density at radius 2 is 1.82 bits per heavy atom. The first-order chi connectivity index (χ1) is 18.3. The van der Waals surface area contributed by atoms with Gasteiger partial charge in [-0.3, -0.25) is 19.2 Å². The Balaban J connectivity index is 1.37. The second kappa shape index (κ2) is 10.6. The average molecular weight is 521 g/mol. The van der Waals surface area contributed by atoms with E-state index < -0.39 is 30.0 Å². The van der Waals surface area contributed by atoms with Crippen LogP contribution in [-0.2, 0) is 33.4 Å². The summed E-state index contributed by atoms with van der Waals surface area (Å²) in [5.41, 5.74) is 3.55. The number of hydrogen-bond donors (Lipinski definition) is 2. The Morgan fingerprint density at radius 1 is 1.05 bits per heavy atom. The molecule has 3 aromatic rings. The molecule has 1 aromatic heterocycles. The molecule has 0 radical (unpaired) electrons. The lowest BCUT2D eigenvalue weighted by atomic mass is 10.1. The predicted octanol–water partition coefficient (Wildman–Crippen LogP) is 2.14. The standard InChI is InChI=1S/C27H28N4O7/c1-16-12-18-13-19(6-7-22(18)28-16)29-26(34)24(38-17(2)32)25-27(35)31(9-11-37-25)21-5-3-4-20(14-21)30-8-10-36-15-23(30)33/h3-7,12-14,24-25,28H,8-11,15H2,1-2H3,(H,29,34)/t24-,25-/m1/s1. The number of nitrogens with one attached hydrogen (secondary N) is 2. The summed E-state index contributed by atoms with van der Waals surface area (Å²) in [6.07, 6.45) is -2.85. The lowest BCUT2D eigenvalue weighted by molar-refractivity contribution is -0.167. The van der Waals surface area contributed by atoms with Gasteiger partial charge in [0.2, 0.25) is 6.10 Å². The molecule has 38 heavy (non-hydrogen) atoms. The third kappa shape index (κ3) is 5.24. The molecule has 2 aromatic carbocycles. The fourth-order valence-electron chi connectivity index (χ4n) is 4.70. The molecule has 3 amide bonds. The first-order valence-electron chi connectivity index (χ1n) is 12.3. The zero-order chi connectivity index (χ0) is 26.8. The zero-order valence-corrected chi connectivity index (χ0v) is 21.1. The first kappa shape index (κ1) is 25.4. The third-order valence-corrected chi connectivity index (χ3v) is 6.41. The third-order valence-electron chi connectivity index (χ3n) is 6.41. The van der Waals surface area contributed by atoms with Gasteiger partial charge in [-0.05, 0) is 49.4 Å². The van der Waals surface area contributed by atoms with Crippen molar-refractivity contribution in [3.05, 3.63) is 54.2 Å². The summed E-state index contributed by atoms with van der Waals surface area (Å²) in [5, 5.41) is 3.64. The largest absolute Gasteiger partial charge is 0.449 e. The number of H-pyrrole nitrogens is 1. The van der Waals surface area contributed by atoms with E-state index in [0.29, 0.717) is 30.2 Å². The number of carbonyl (C=O) groups is 4. The van der Waals surface area contributed by atoms with Crippen LogP contribution in [0.1, 0.15) is 12.6 Å². The number of aromatic amines is 1. The molecule has 198 valence electrons. The van der Waals surface area contributed by atoms with Gasteiger partial charge in [-0.25, -0.2) is 0 Å². The quantitative estimate of drug-likeness (QED) is 0.476. The van der Waals surface area contributed by atoms with E-state index in [-0.39, 0.29) is 25.7 Å². The van der Waals surface area contributed by atoms with E-state index in [1.807, 2.05) is 19.1 Å². The van der Waals surface area contributed by atoms with Gasteiger partial charge in [0.1, 0.15) is 6.61 Å². The van der Waals surface area contributed by atoms with Crippen LogP contribution in [0.2, 0.25) is 0 Å². The molecule has 0 bridgehead atoms. The van der Waals surface area contributed by atoms with Crippen LogP contribution in [-0.4, -0.2) is 73.8 Å². The van der Waals surface area contributed by atoms with Crippen LogP contribution in [0.25, 0.3) is 10.9 Å². The van der Waals surface area contributed by atoms with Crippen molar-refractivity contribution in [2.45, 2.75) is 26.1 Å². The van der Waals surface area contributed by atoms with Crippen LogP contribution in [0.4, 0.5) is 17.1 Å². The number of morpholine rings is 2. The zero-order valence-electron chi connectivity index (χ0n) is 21.1. The molecule has 2 saturated heterocycles. The normalized spacial score (nSPS) is 18.9. The minimum atomic E-state index is -1.50. The molecule has 0 unspecified atom stereocenters. The molecule has 11 nitrogen and oxygen atoms in total. The number of ether oxygens (including phenoxy) is 3. The van der Waals surface area contributed by atoms with Crippen molar-refractivity contribution in [3.63, 3.8) is 0 Å². The van der Waals surface area contributed by atoms with Crippen molar-refractivity contribution < 1.29 is 33.4 Å². The molecule has 0 spiro atoms. The number of benzene rings is 2. The maximum atomic E-state index is 13.6. The molecular weight excluding hydrogens is 492 g/mol. The number of aromatic nitrogens is 1. The van der Waals surface area contributed by atoms with E-state index in [0.717, 1.165) is 16.6 Å². The monoisotopic (exact) mass is 520 g/mol. The summed E-state index contributed by atoms with van der Waals surface area (Å²) in [5.74, 6) is -2.10. The van der Waals surface area contributed by atoms with Crippen LogP contribution < -0.4 is 15.1 Å². The summed E-state index contributed by atoms with van der Waals surface area (Å²) in [4.78, 5) is 57.3. The van der Waals surface area contributed by atoms with Crippen LogP contribution in [0.15, 0.2) is 48.5 Å². The average Bonchev–Trinajstić information content (AvgIpc) is 3.27. The Bertz CT molecular complexity index is 1400. The molecule has 5 rings (SSSR count). The van der Waals surface area contributed by atoms with E-state index in [1.165, 1.54) is 11.8 Å². The molecule has 2 atom stereocenters. The van der Waals surface area contributed by atoms with Crippen molar-refractivity contribution in [3.8, 4) is 0 Å². The Hall–Kier alpha value is -4.22. The highest BCUT2D eigenvalue weighted by atomic mass is 16.6. The van der Waals surface area contributed by atoms with Crippen LogP contribution in [0.3, 0.4) is 0 Å². The van der Waals surface area contributed by atoms with Gasteiger partial charge in [-0.2, -0.15) is 0 Å². The fraction of sp³-hybridized carbons (Fsp3) is 0.333. The van der Waals surface area contributed by atoms with E-state index in [2.05, 4.69) is 10.3 Å². The van der Waals surface area contributed by atoms with Crippen LogP contribution in [0, 0.1) is 6.92 Å². The van der Waals surface area contributed by atoms with Gasteiger partial charge in [0, 0.05) is 53.7 Å². The predicted molar refractivity (Wildman–Crippen MR) is 139 cm³/mol. The Morgan fingerprint density at radius 3 is 2.58 bits per heavy atom. The number of amides is 3. The van der Waals surface area contributed by atoms with Gasteiger partial charge in [-0.1, -0.05) is 6.07 Å². The number of fused-ring (bicyclic) bond motifs is 1. The van der Waals surface area contributed by atoms with Crippen LogP contribution in [0.5, 0.6) is 0 Å². The molecule has 0 aliphatic carbocycles. The maximum absolute atomic E-state index is 13.6. The first-order valence-corrected chi connectivity index (χ1v) is 12.3. The number of esters is 1. The summed E-state index contributed by atoms with van der Waals surface area (Å²) >= 11 is 0. The number of rotatable bonds is 6. The second-order valence-corrected chi connectivity index (χ2v) is 9.17. The number of aryl methyl sites for hydroxylation is 1. The van der Waals surface area contributed by atoms with Gasteiger partial charge in [0.25, 0.3) is 17.7 Å². The minimum Gasteiger partial charge on any atom is -0.449 e. The van der Waals surface area contributed by atoms with Crippen molar-refractivity contribution in [1.29, 1.82) is 0 Å². The van der Waals surface area contributed by atoms with E-state index >= 15 is 0 Å². The fourth-order valence-corrected chi connectivity index (χ4v) is 4.70. The highest BCUT2D eigenvalue weighted by Gasteiger charge is 2.42. The number of anilines is 3. The van der Waals surface area contributed by atoms with Crippen molar-refractivity contribution in [2.75, 3.05) is 48.0 Å². The summed E-state index contributed by atoms with van der Waals surface area (Å²) < 4.78 is 16.2. The highest BCUT2D eigenvalue weighted by molar-refractivity contribution is 6.05. The molecule has 2 aliphatic heterocycles. The molecule has 2 N–H and O–H groups in total. The summed E-state index contributed by atoms with van der Waals surface area (Å²) in [6.45, 7) is 4.28. The van der Waals surface area contributed by atoms with Crippen molar-refractivity contribution >= 4 is 51.7 Å². The van der Waals surface area contributed by atoms with E-state index in [9.17, 15) is 19.2 Å². The molecular formula is C27H28N4O7. The van der Waals surface area contributed by atoms with Gasteiger partial charge in [0.15, 0.2) is 6.10 Å². The minimum absolute atomic E-state index is 0.00140.